The van der Waals surface area contributed by atoms with Crippen molar-refractivity contribution in [2.75, 3.05) is 0 Å². The molecular weight excluding hydrogens is 272 g/mol. The van der Waals surface area contributed by atoms with Gasteiger partial charge in [0.1, 0.15) is 6.07 Å². The maximum Gasteiger partial charge on any atom is 0.313 e. The van der Waals surface area contributed by atoms with E-state index in [1.165, 1.54) is 24.5 Å². The van der Waals surface area contributed by atoms with Crippen LogP contribution in [0.4, 0.5) is 5.69 Å². The van der Waals surface area contributed by atoms with Gasteiger partial charge in [-0.1, -0.05) is 11.6 Å². The molecule has 0 atom stereocenters. The van der Waals surface area contributed by atoms with Gasteiger partial charge in [-0.05, 0) is 12.1 Å². The molecule has 94 valence electrons. The van der Waals surface area contributed by atoms with Gasteiger partial charge in [0.2, 0.25) is 11.4 Å². The Balaban J connectivity index is 2.44. The van der Waals surface area contributed by atoms with Crippen LogP contribution in [0.2, 0.25) is 5.02 Å². The number of nitriles is 1. The first-order valence-electron chi connectivity index (χ1n) is 4.94. The molecule has 1 aromatic carbocycles. The molecule has 1 aromatic heterocycles. The molecule has 0 aliphatic heterocycles. The maximum absolute atomic E-state index is 10.9. The van der Waals surface area contributed by atoms with E-state index >= 15 is 0 Å². The molecule has 0 fully saturated rings. The quantitative estimate of drug-likeness (QED) is 0.631. The molecule has 0 aliphatic rings. The summed E-state index contributed by atoms with van der Waals surface area (Å²) in [5.74, 6) is -0.165. The molecule has 19 heavy (non-hydrogen) atoms. The number of aromatic nitrogens is 2. The summed E-state index contributed by atoms with van der Waals surface area (Å²) >= 11 is 5.68. The van der Waals surface area contributed by atoms with Crippen molar-refractivity contribution < 1.29 is 9.66 Å². The predicted molar refractivity (Wildman–Crippen MR) is 64.9 cm³/mol. The van der Waals surface area contributed by atoms with E-state index in [1.54, 1.807) is 6.07 Å². The summed E-state index contributed by atoms with van der Waals surface area (Å²) in [6, 6.07) is 5.70. The summed E-state index contributed by atoms with van der Waals surface area (Å²) in [6.07, 6.45) is 2.64. The molecular formula is C11H5ClN4O3. The van der Waals surface area contributed by atoms with E-state index in [4.69, 9.17) is 21.6 Å². The van der Waals surface area contributed by atoms with Crippen molar-refractivity contribution >= 4 is 17.3 Å². The molecule has 0 aliphatic carbocycles. The molecule has 8 heteroatoms. The average molecular weight is 277 g/mol. The molecule has 7 nitrogen and oxygen atoms in total. The Morgan fingerprint density at radius 3 is 2.79 bits per heavy atom. The highest BCUT2D eigenvalue weighted by atomic mass is 35.5. The van der Waals surface area contributed by atoms with Gasteiger partial charge in [0.25, 0.3) is 5.88 Å². The Morgan fingerprint density at radius 1 is 1.37 bits per heavy atom. The second kappa shape index (κ2) is 5.29. The number of rotatable bonds is 3. The van der Waals surface area contributed by atoms with Gasteiger partial charge in [0.05, 0.1) is 4.92 Å². The SMILES string of the molecule is N#Cc1nccnc1Oc1ccc(Cl)cc1[N+](=O)[O-]. The molecule has 0 N–H and O–H groups in total. The van der Waals surface area contributed by atoms with Gasteiger partial charge in [-0.15, -0.1) is 0 Å². The van der Waals surface area contributed by atoms with Crippen molar-refractivity contribution in [2.24, 2.45) is 0 Å². The van der Waals surface area contributed by atoms with Crippen molar-refractivity contribution in [1.82, 2.24) is 9.97 Å². The molecule has 0 spiro atoms. The van der Waals surface area contributed by atoms with E-state index in [2.05, 4.69) is 9.97 Å². The average Bonchev–Trinajstić information content (AvgIpc) is 2.41. The van der Waals surface area contributed by atoms with E-state index < -0.39 is 4.92 Å². The minimum Gasteiger partial charge on any atom is -0.429 e. The highest BCUT2D eigenvalue weighted by molar-refractivity contribution is 6.30. The standard InChI is InChI=1S/C11H5ClN4O3/c12-7-1-2-10(9(5-7)16(17)18)19-11-8(6-13)14-3-4-15-11/h1-5H. The van der Waals surface area contributed by atoms with Crippen LogP contribution in [0, 0.1) is 21.4 Å². The summed E-state index contributed by atoms with van der Waals surface area (Å²) in [6.45, 7) is 0. The molecule has 0 amide bonds. The maximum atomic E-state index is 10.9. The number of hydrogen-bond acceptors (Lipinski definition) is 6. The van der Waals surface area contributed by atoms with Crippen LogP contribution in [0.1, 0.15) is 5.69 Å². The summed E-state index contributed by atoms with van der Waals surface area (Å²) in [4.78, 5) is 17.8. The first kappa shape index (κ1) is 12.7. The van der Waals surface area contributed by atoms with Gasteiger partial charge in [0, 0.05) is 23.5 Å². The monoisotopic (exact) mass is 276 g/mol. The van der Waals surface area contributed by atoms with Crippen molar-refractivity contribution in [3.8, 4) is 17.7 Å². The van der Waals surface area contributed by atoms with Crippen molar-refractivity contribution in [3.05, 3.63) is 51.4 Å². The van der Waals surface area contributed by atoms with E-state index in [0.29, 0.717) is 0 Å². The minimum atomic E-state index is -0.635. The fourth-order valence-electron chi connectivity index (χ4n) is 1.30. The van der Waals surface area contributed by atoms with Gasteiger partial charge in [-0.25, -0.2) is 9.97 Å². The second-order valence-corrected chi connectivity index (χ2v) is 3.73. The lowest BCUT2D eigenvalue weighted by molar-refractivity contribution is -0.385. The van der Waals surface area contributed by atoms with E-state index in [9.17, 15) is 10.1 Å². The summed E-state index contributed by atoms with van der Waals surface area (Å²) < 4.78 is 5.25. The normalized spacial score (nSPS) is 9.68. The lowest BCUT2D eigenvalue weighted by Gasteiger charge is -2.05. The lowest BCUT2D eigenvalue weighted by atomic mass is 10.3. The summed E-state index contributed by atoms with van der Waals surface area (Å²) in [5, 5.41) is 19.9. The van der Waals surface area contributed by atoms with Crippen LogP contribution in [0.3, 0.4) is 0 Å². The minimum absolute atomic E-state index is 0.0632. The van der Waals surface area contributed by atoms with Crippen LogP contribution in [0.5, 0.6) is 11.6 Å². The fraction of sp³-hybridized carbons (Fsp3) is 0. The topological polar surface area (TPSA) is 102 Å². The van der Waals surface area contributed by atoms with Crippen LogP contribution < -0.4 is 4.74 Å². The lowest BCUT2D eigenvalue weighted by Crippen LogP contribution is -1.97. The van der Waals surface area contributed by atoms with Crippen molar-refractivity contribution in [2.45, 2.75) is 0 Å². The number of ether oxygens (including phenoxy) is 1. The van der Waals surface area contributed by atoms with Crippen molar-refractivity contribution in [1.29, 1.82) is 5.26 Å². The van der Waals surface area contributed by atoms with E-state index in [-0.39, 0.29) is 28.0 Å². The number of nitrogens with zero attached hydrogens (tertiary/aromatic N) is 4. The Morgan fingerprint density at radius 2 is 2.11 bits per heavy atom. The number of benzene rings is 1. The number of halogens is 1. The Hall–Kier alpha value is -2.72. The molecule has 0 saturated heterocycles. The smallest absolute Gasteiger partial charge is 0.313 e. The van der Waals surface area contributed by atoms with Crippen LogP contribution in [0.25, 0.3) is 0 Å². The molecule has 0 radical (unpaired) electrons. The van der Waals surface area contributed by atoms with Crippen LogP contribution in [-0.4, -0.2) is 14.9 Å². The molecule has 2 rings (SSSR count). The Bertz CT molecular complexity index is 684. The van der Waals surface area contributed by atoms with Crippen LogP contribution in [0.15, 0.2) is 30.6 Å². The summed E-state index contributed by atoms with van der Waals surface area (Å²) in [5.41, 5.74) is -0.381. The van der Waals surface area contributed by atoms with Gasteiger partial charge in [-0.3, -0.25) is 10.1 Å². The van der Waals surface area contributed by atoms with Crippen LogP contribution >= 0.6 is 11.6 Å². The third-order valence-electron chi connectivity index (χ3n) is 2.09. The van der Waals surface area contributed by atoms with Gasteiger partial charge >= 0.3 is 5.69 Å². The number of hydrogen-bond donors (Lipinski definition) is 0. The zero-order chi connectivity index (χ0) is 13.8. The molecule has 0 bridgehead atoms. The zero-order valence-electron chi connectivity index (χ0n) is 9.28. The Labute approximate surface area is 112 Å². The zero-order valence-corrected chi connectivity index (χ0v) is 10.0. The third-order valence-corrected chi connectivity index (χ3v) is 2.33. The first-order valence-corrected chi connectivity index (χ1v) is 5.32. The first-order chi connectivity index (χ1) is 9.11. The highest BCUT2D eigenvalue weighted by Gasteiger charge is 2.18. The molecule has 0 saturated carbocycles. The van der Waals surface area contributed by atoms with Crippen LogP contribution in [-0.2, 0) is 0 Å². The highest BCUT2D eigenvalue weighted by Crippen LogP contribution is 2.33. The number of nitro benzene ring substituents is 1. The van der Waals surface area contributed by atoms with Gasteiger partial charge in [-0.2, -0.15) is 5.26 Å². The Kier molecular flexibility index (Phi) is 3.54. The van der Waals surface area contributed by atoms with E-state index in [0.717, 1.165) is 6.07 Å². The van der Waals surface area contributed by atoms with Gasteiger partial charge < -0.3 is 4.74 Å². The van der Waals surface area contributed by atoms with E-state index in [1.807, 2.05) is 0 Å². The molecule has 1 heterocycles. The largest absolute Gasteiger partial charge is 0.429 e. The summed E-state index contributed by atoms with van der Waals surface area (Å²) in [7, 11) is 0. The third kappa shape index (κ3) is 2.75. The predicted octanol–water partition coefficient (Wildman–Crippen LogP) is 2.70. The fourth-order valence-corrected chi connectivity index (χ4v) is 1.47. The second-order valence-electron chi connectivity index (χ2n) is 3.29. The van der Waals surface area contributed by atoms with Crippen molar-refractivity contribution in [3.63, 3.8) is 0 Å². The van der Waals surface area contributed by atoms with Gasteiger partial charge in [0.15, 0.2) is 0 Å². The number of nitro groups is 1. The molecule has 2 aromatic rings. The molecule has 0 unspecified atom stereocenters.